The van der Waals surface area contributed by atoms with Crippen LogP contribution in [0.15, 0.2) is 40.3 Å². The van der Waals surface area contributed by atoms with Crippen LogP contribution < -0.4 is 5.56 Å². The molecular formula is C19H19N5OS2. The van der Waals surface area contributed by atoms with Crippen molar-refractivity contribution in [2.24, 2.45) is 0 Å². The Morgan fingerprint density at radius 1 is 1.15 bits per heavy atom. The molecule has 0 bridgehead atoms. The lowest BCUT2D eigenvalue weighted by atomic mass is 10.2. The zero-order chi connectivity index (χ0) is 19.1. The molecule has 4 rings (SSSR count). The Kier molecular flexibility index (Phi) is 4.61. The summed E-state index contributed by atoms with van der Waals surface area (Å²) in [6, 6.07) is 10.00. The predicted molar refractivity (Wildman–Crippen MR) is 110 cm³/mol. The quantitative estimate of drug-likeness (QED) is 0.518. The van der Waals surface area contributed by atoms with Crippen LogP contribution in [-0.4, -0.2) is 24.7 Å². The van der Waals surface area contributed by atoms with E-state index < -0.39 is 0 Å². The number of thioether (sulfide) groups is 1. The van der Waals surface area contributed by atoms with Crippen LogP contribution in [-0.2, 0) is 0 Å². The number of nitrogens with one attached hydrogen (secondary N) is 1. The third kappa shape index (κ3) is 3.19. The second-order valence-electron chi connectivity index (χ2n) is 6.38. The minimum atomic E-state index is -0.0787. The molecule has 0 fully saturated rings. The van der Waals surface area contributed by atoms with Gasteiger partial charge in [0, 0.05) is 10.6 Å². The molecule has 0 aliphatic carbocycles. The lowest BCUT2D eigenvalue weighted by molar-refractivity contribution is 0.851. The van der Waals surface area contributed by atoms with Gasteiger partial charge < -0.3 is 4.98 Å². The van der Waals surface area contributed by atoms with E-state index in [4.69, 9.17) is 4.98 Å². The lowest BCUT2D eigenvalue weighted by Gasteiger charge is -2.12. The van der Waals surface area contributed by atoms with E-state index in [1.807, 2.05) is 62.6 Å². The van der Waals surface area contributed by atoms with E-state index >= 15 is 0 Å². The molecule has 3 heterocycles. The zero-order valence-electron chi connectivity index (χ0n) is 15.5. The van der Waals surface area contributed by atoms with E-state index in [0.717, 1.165) is 31.9 Å². The second-order valence-corrected chi connectivity index (χ2v) is 8.89. The number of hydrogen-bond acceptors (Lipinski definition) is 6. The average molecular weight is 398 g/mol. The molecule has 0 aliphatic rings. The fourth-order valence-corrected chi connectivity index (χ4v) is 4.98. The summed E-state index contributed by atoms with van der Waals surface area (Å²) in [5.74, 6) is 1.47. The average Bonchev–Trinajstić information content (AvgIpc) is 3.15. The second kappa shape index (κ2) is 6.94. The number of thiophene rings is 1. The Morgan fingerprint density at radius 2 is 1.89 bits per heavy atom. The van der Waals surface area contributed by atoms with Gasteiger partial charge in [-0.1, -0.05) is 30.0 Å². The standard InChI is InChI=1S/C19H19N5OS2/c1-10-11(2)26-18-15(10)17(25)20-16(21-18)12(3)27-19-23-22-13(4)24(19)14-8-6-5-7-9-14/h5-9,12H,1-4H3,(H,20,21,25)/t12-/m1/s1. The number of aromatic nitrogens is 5. The van der Waals surface area contributed by atoms with Gasteiger partial charge in [-0.25, -0.2) is 4.98 Å². The first kappa shape index (κ1) is 17.9. The van der Waals surface area contributed by atoms with Gasteiger partial charge in [0.25, 0.3) is 5.56 Å². The zero-order valence-corrected chi connectivity index (χ0v) is 17.1. The number of benzene rings is 1. The summed E-state index contributed by atoms with van der Waals surface area (Å²) in [5.41, 5.74) is 1.94. The van der Waals surface area contributed by atoms with E-state index in [1.165, 1.54) is 11.8 Å². The van der Waals surface area contributed by atoms with E-state index in [9.17, 15) is 4.79 Å². The van der Waals surface area contributed by atoms with Crippen LogP contribution in [0.25, 0.3) is 15.9 Å². The number of aryl methyl sites for hydroxylation is 3. The Balaban J connectivity index is 1.71. The first-order chi connectivity index (χ1) is 13.0. The number of rotatable bonds is 4. The number of aromatic amines is 1. The molecule has 8 heteroatoms. The summed E-state index contributed by atoms with van der Waals surface area (Å²) in [4.78, 5) is 22.1. The van der Waals surface area contributed by atoms with Crippen molar-refractivity contribution in [2.45, 2.75) is 38.1 Å². The van der Waals surface area contributed by atoms with Crippen molar-refractivity contribution in [1.82, 2.24) is 24.7 Å². The monoisotopic (exact) mass is 397 g/mol. The minimum Gasteiger partial charge on any atom is -0.309 e. The molecule has 0 radical (unpaired) electrons. The number of para-hydroxylation sites is 1. The van der Waals surface area contributed by atoms with Gasteiger partial charge in [-0.15, -0.1) is 21.5 Å². The number of hydrogen-bond donors (Lipinski definition) is 1. The first-order valence-electron chi connectivity index (χ1n) is 8.59. The van der Waals surface area contributed by atoms with E-state index in [1.54, 1.807) is 11.3 Å². The molecule has 27 heavy (non-hydrogen) atoms. The van der Waals surface area contributed by atoms with E-state index in [0.29, 0.717) is 11.2 Å². The maximum Gasteiger partial charge on any atom is 0.259 e. The molecule has 4 aromatic rings. The van der Waals surface area contributed by atoms with Gasteiger partial charge in [0.2, 0.25) is 0 Å². The van der Waals surface area contributed by atoms with E-state index in [-0.39, 0.29) is 10.8 Å². The largest absolute Gasteiger partial charge is 0.309 e. The molecule has 0 saturated carbocycles. The molecule has 0 amide bonds. The van der Waals surface area contributed by atoms with Crippen molar-refractivity contribution >= 4 is 33.3 Å². The van der Waals surface area contributed by atoms with Crippen molar-refractivity contribution < 1.29 is 0 Å². The topological polar surface area (TPSA) is 76.5 Å². The fourth-order valence-electron chi connectivity index (χ4n) is 2.97. The normalized spacial score (nSPS) is 12.6. The minimum absolute atomic E-state index is 0.0733. The Labute approximate surface area is 164 Å². The molecule has 6 nitrogen and oxygen atoms in total. The molecule has 0 saturated heterocycles. The summed E-state index contributed by atoms with van der Waals surface area (Å²) in [6.07, 6.45) is 0. The maximum atomic E-state index is 12.6. The smallest absolute Gasteiger partial charge is 0.259 e. The summed E-state index contributed by atoms with van der Waals surface area (Å²) in [5, 5.41) is 9.94. The van der Waals surface area contributed by atoms with E-state index in [2.05, 4.69) is 15.2 Å². The Hall–Kier alpha value is -2.45. The summed E-state index contributed by atoms with van der Waals surface area (Å²) in [7, 11) is 0. The molecule has 138 valence electrons. The molecule has 0 aliphatic heterocycles. The SMILES string of the molecule is Cc1sc2nc([C@@H](C)Sc3nnc(C)n3-c3ccccc3)[nH]c(=O)c2c1C. The highest BCUT2D eigenvalue weighted by Crippen LogP contribution is 2.34. The molecule has 3 aromatic heterocycles. The first-order valence-corrected chi connectivity index (χ1v) is 10.3. The highest BCUT2D eigenvalue weighted by Gasteiger charge is 2.19. The number of fused-ring (bicyclic) bond motifs is 1. The van der Waals surface area contributed by atoms with Gasteiger partial charge >= 0.3 is 0 Å². The van der Waals surface area contributed by atoms with Gasteiger partial charge in [0.05, 0.1) is 10.6 Å². The predicted octanol–water partition coefficient (Wildman–Crippen LogP) is 4.34. The summed E-state index contributed by atoms with van der Waals surface area (Å²) in [6.45, 7) is 7.93. The molecule has 1 N–H and O–H groups in total. The molecule has 0 unspecified atom stereocenters. The van der Waals surface area contributed by atoms with Crippen molar-refractivity contribution in [3.63, 3.8) is 0 Å². The number of nitrogens with zero attached hydrogens (tertiary/aromatic N) is 4. The van der Waals surface area contributed by atoms with Crippen LogP contribution in [0, 0.1) is 20.8 Å². The highest BCUT2D eigenvalue weighted by molar-refractivity contribution is 7.99. The van der Waals surface area contributed by atoms with Crippen molar-refractivity contribution in [3.05, 3.63) is 62.8 Å². The van der Waals surface area contributed by atoms with Gasteiger partial charge in [-0.2, -0.15) is 0 Å². The van der Waals surface area contributed by atoms with Crippen LogP contribution in [0.5, 0.6) is 0 Å². The van der Waals surface area contributed by atoms with Crippen molar-refractivity contribution in [2.75, 3.05) is 0 Å². The summed E-state index contributed by atoms with van der Waals surface area (Å²) >= 11 is 3.09. The van der Waals surface area contributed by atoms with Crippen LogP contribution in [0.4, 0.5) is 0 Å². The Bertz CT molecular complexity index is 1180. The van der Waals surface area contributed by atoms with Gasteiger partial charge in [-0.3, -0.25) is 9.36 Å². The third-order valence-electron chi connectivity index (χ3n) is 4.53. The molecular weight excluding hydrogens is 378 g/mol. The fraction of sp³-hybridized carbons (Fsp3) is 0.263. The third-order valence-corrected chi connectivity index (χ3v) is 6.69. The highest BCUT2D eigenvalue weighted by atomic mass is 32.2. The van der Waals surface area contributed by atoms with Crippen LogP contribution >= 0.6 is 23.1 Å². The van der Waals surface area contributed by atoms with Gasteiger partial charge in [0.15, 0.2) is 5.16 Å². The lowest BCUT2D eigenvalue weighted by Crippen LogP contribution is -2.12. The molecule has 0 spiro atoms. The molecule has 1 atom stereocenters. The summed E-state index contributed by atoms with van der Waals surface area (Å²) < 4.78 is 2.01. The molecule has 1 aromatic carbocycles. The number of H-pyrrole nitrogens is 1. The Morgan fingerprint density at radius 3 is 2.63 bits per heavy atom. The maximum absolute atomic E-state index is 12.6. The van der Waals surface area contributed by atoms with Gasteiger partial charge in [0.1, 0.15) is 16.5 Å². The van der Waals surface area contributed by atoms with Crippen molar-refractivity contribution in [1.29, 1.82) is 0 Å². The van der Waals surface area contributed by atoms with Gasteiger partial charge in [-0.05, 0) is 45.4 Å². The van der Waals surface area contributed by atoms with Crippen molar-refractivity contribution in [3.8, 4) is 5.69 Å². The van der Waals surface area contributed by atoms with Crippen LogP contribution in [0.3, 0.4) is 0 Å². The van der Waals surface area contributed by atoms with Crippen LogP contribution in [0.2, 0.25) is 0 Å². The van der Waals surface area contributed by atoms with Crippen LogP contribution in [0.1, 0.15) is 34.3 Å².